The van der Waals surface area contributed by atoms with Crippen LogP contribution in [0.1, 0.15) is 15.9 Å². The summed E-state index contributed by atoms with van der Waals surface area (Å²) in [4.78, 5) is 21.1. The maximum Gasteiger partial charge on any atom is 0.311 e. The zero-order valence-corrected chi connectivity index (χ0v) is 11.3. The fourth-order valence-electron chi connectivity index (χ4n) is 1.65. The molecule has 0 amide bonds. The van der Waals surface area contributed by atoms with Crippen molar-refractivity contribution in [2.75, 3.05) is 0 Å². The average Bonchev–Trinajstić information content (AvgIpc) is 2.42. The average molecular weight is 292 g/mol. The normalized spacial score (nSPS) is 10.1. The minimum absolute atomic E-state index is 0.0985. The van der Waals surface area contributed by atoms with E-state index < -0.39 is 4.92 Å². The maximum atomic E-state index is 11.0. The van der Waals surface area contributed by atoms with Crippen molar-refractivity contribution in [1.29, 1.82) is 0 Å². The van der Waals surface area contributed by atoms with Gasteiger partial charge in [0.05, 0.1) is 9.95 Å². The summed E-state index contributed by atoms with van der Waals surface area (Å²) in [6.45, 7) is 1.75. The van der Waals surface area contributed by atoms with Crippen molar-refractivity contribution in [3.05, 3.63) is 62.7 Å². The van der Waals surface area contributed by atoms with Crippen molar-refractivity contribution in [2.24, 2.45) is 0 Å². The number of ether oxygens (including phenoxy) is 1. The molecule has 0 unspecified atom stereocenters. The summed E-state index contributed by atoms with van der Waals surface area (Å²) in [5, 5.41) is 11.2. The molecular weight excluding hydrogens is 282 g/mol. The van der Waals surface area contributed by atoms with Gasteiger partial charge < -0.3 is 4.74 Å². The summed E-state index contributed by atoms with van der Waals surface area (Å²) in [7, 11) is 0. The standard InChI is InChI=1S/C14H10ClNO4/c1-9-2-4-14(12(6-9)16(18)19)20-13-5-3-10(8-17)7-11(13)15/h2-8H,1H3. The number of carbonyl (C=O) groups is 1. The number of benzene rings is 2. The SMILES string of the molecule is Cc1ccc(Oc2ccc(C=O)cc2Cl)c([N+](=O)[O-])c1. The Kier molecular flexibility index (Phi) is 4.00. The molecule has 2 aromatic rings. The molecule has 0 radical (unpaired) electrons. The van der Waals surface area contributed by atoms with Crippen LogP contribution >= 0.6 is 11.6 Å². The second-order valence-electron chi connectivity index (χ2n) is 4.14. The van der Waals surface area contributed by atoms with Gasteiger partial charge in [0.25, 0.3) is 0 Å². The minimum Gasteiger partial charge on any atom is -0.449 e. The van der Waals surface area contributed by atoms with Gasteiger partial charge in [0.2, 0.25) is 5.75 Å². The Hall–Kier alpha value is -2.40. The smallest absolute Gasteiger partial charge is 0.311 e. The molecule has 20 heavy (non-hydrogen) atoms. The lowest BCUT2D eigenvalue weighted by atomic mass is 10.2. The van der Waals surface area contributed by atoms with Crippen LogP contribution in [0.15, 0.2) is 36.4 Å². The van der Waals surface area contributed by atoms with E-state index in [0.29, 0.717) is 11.8 Å². The van der Waals surface area contributed by atoms with E-state index in [1.807, 2.05) is 0 Å². The van der Waals surface area contributed by atoms with E-state index in [0.717, 1.165) is 5.56 Å². The number of nitrogens with zero attached hydrogens (tertiary/aromatic N) is 1. The number of halogens is 1. The molecule has 5 nitrogen and oxygen atoms in total. The number of hydrogen-bond acceptors (Lipinski definition) is 4. The van der Waals surface area contributed by atoms with Crippen molar-refractivity contribution in [3.63, 3.8) is 0 Å². The van der Waals surface area contributed by atoms with Crippen LogP contribution in [0.4, 0.5) is 5.69 Å². The van der Waals surface area contributed by atoms with Gasteiger partial charge in [0.15, 0.2) is 0 Å². The summed E-state index contributed by atoms with van der Waals surface area (Å²) in [6.07, 6.45) is 0.657. The molecule has 6 heteroatoms. The second-order valence-corrected chi connectivity index (χ2v) is 4.55. The first kappa shape index (κ1) is 14.0. The number of carbonyl (C=O) groups excluding carboxylic acids is 1. The van der Waals surface area contributed by atoms with Crippen LogP contribution < -0.4 is 4.74 Å². The fourth-order valence-corrected chi connectivity index (χ4v) is 1.88. The van der Waals surface area contributed by atoms with Gasteiger partial charge in [0, 0.05) is 11.6 Å². The third-order valence-corrected chi connectivity index (χ3v) is 2.92. The summed E-state index contributed by atoms with van der Waals surface area (Å²) >= 11 is 5.97. The number of rotatable bonds is 4. The highest BCUT2D eigenvalue weighted by Crippen LogP contribution is 2.35. The Labute approximate surface area is 119 Å². The summed E-state index contributed by atoms with van der Waals surface area (Å²) < 4.78 is 5.47. The third-order valence-electron chi connectivity index (χ3n) is 2.62. The molecule has 102 valence electrons. The van der Waals surface area contributed by atoms with Gasteiger partial charge in [-0.3, -0.25) is 14.9 Å². The number of aldehydes is 1. The molecule has 0 N–H and O–H groups in total. The molecule has 0 aliphatic carbocycles. The lowest BCUT2D eigenvalue weighted by molar-refractivity contribution is -0.385. The minimum atomic E-state index is -0.518. The molecule has 2 aromatic carbocycles. The van der Waals surface area contributed by atoms with Crippen molar-refractivity contribution in [1.82, 2.24) is 0 Å². The van der Waals surface area contributed by atoms with Crippen molar-refractivity contribution >= 4 is 23.6 Å². The van der Waals surface area contributed by atoms with Crippen molar-refractivity contribution < 1.29 is 14.5 Å². The van der Waals surface area contributed by atoms with E-state index in [-0.39, 0.29) is 22.2 Å². The molecule has 0 spiro atoms. The van der Waals surface area contributed by atoms with E-state index in [2.05, 4.69) is 0 Å². The molecule has 0 saturated heterocycles. The Morgan fingerprint density at radius 3 is 2.50 bits per heavy atom. The van der Waals surface area contributed by atoms with Crippen LogP contribution in [0.25, 0.3) is 0 Å². The zero-order valence-electron chi connectivity index (χ0n) is 10.5. The fraction of sp³-hybridized carbons (Fsp3) is 0.0714. The number of hydrogen-bond donors (Lipinski definition) is 0. The molecule has 0 atom stereocenters. The van der Waals surface area contributed by atoms with Gasteiger partial charge in [-0.25, -0.2) is 0 Å². The third kappa shape index (κ3) is 2.95. The number of aryl methyl sites for hydroxylation is 1. The van der Waals surface area contributed by atoms with E-state index in [4.69, 9.17) is 16.3 Å². The van der Waals surface area contributed by atoms with Gasteiger partial charge in [-0.1, -0.05) is 17.7 Å². The summed E-state index contributed by atoms with van der Waals surface area (Å²) in [5.74, 6) is 0.352. The lowest BCUT2D eigenvalue weighted by Crippen LogP contribution is -1.95. The Bertz CT molecular complexity index is 685. The summed E-state index contributed by atoms with van der Waals surface area (Å²) in [5.41, 5.74) is 1.02. The number of nitro benzene ring substituents is 1. The van der Waals surface area contributed by atoms with E-state index in [1.165, 1.54) is 30.3 Å². The zero-order chi connectivity index (χ0) is 14.7. The van der Waals surface area contributed by atoms with Crippen LogP contribution in [0, 0.1) is 17.0 Å². The van der Waals surface area contributed by atoms with Crippen LogP contribution in [0.5, 0.6) is 11.5 Å². The molecule has 0 fully saturated rings. The number of nitro groups is 1. The molecule has 0 heterocycles. The van der Waals surface area contributed by atoms with Crippen LogP contribution in [-0.4, -0.2) is 11.2 Å². The first-order valence-corrected chi connectivity index (χ1v) is 6.06. The van der Waals surface area contributed by atoms with E-state index in [1.54, 1.807) is 13.0 Å². The molecule has 0 bridgehead atoms. The van der Waals surface area contributed by atoms with Gasteiger partial charge in [0.1, 0.15) is 12.0 Å². The predicted octanol–water partition coefficient (Wildman–Crippen LogP) is 4.16. The quantitative estimate of drug-likeness (QED) is 0.482. The first-order valence-electron chi connectivity index (χ1n) is 5.69. The largest absolute Gasteiger partial charge is 0.449 e. The molecule has 0 saturated carbocycles. The molecule has 0 aliphatic heterocycles. The Morgan fingerprint density at radius 1 is 1.20 bits per heavy atom. The van der Waals surface area contributed by atoms with Gasteiger partial charge >= 0.3 is 5.69 Å². The molecule has 0 aliphatic rings. The highest BCUT2D eigenvalue weighted by molar-refractivity contribution is 6.32. The van der Waals surface area contributed by atoms with Crippen LogP contribution in [-0.2, 0) is 0 Å². The molecular formula is C14H10ClNO4. The lowest BCUT2D eigenvalue weighted by Gasteiger charge is -2.08. The summed E-state index contributed by atoms with van der Waals surface area (Å²) in [6, 6.07) is 9.09. The van der Waals surface area contributed by atoms with Crippen LogP contribution in [0.3, 0.4) is 0 Å². The van der Waals surface area contributed by atoms with E-state index in [9.17, 15) is 14.9 Å². The maximum absolute atomic E-state index is 11.0. The van der Waals surface area contributed by atoms with Crippen molar-refractivity contribution in [2.45, 2.75) is 6.92 Å². The van der Waals surface area contributed by atoms with Gasteiger partial charge in [-0.15, -0.1) is 0 Å². The van der Waals surface area contributed by atoms with Crippen molar-refractivity contribution in [3.8, 4) is 11.5 Å². The Balaban J connectivity index is 2.39. The highest BCUT2D eigenvalue weighted by Gasteiger charge is 2.17. The topological polar surface area (TPSA) is 69.4 Å². The molecule has 2 rings (SSSR count). The Morgan fingerprint density at radius 2 is 1.90 bits per heavy atom. The molecule has 0 aromatic heterocycles. The second kappa shape index (κ2) is 5.71. The monoisotopic (exact) mass is 291 g/mol. The van der Waals surface area contributed by atoms with Gasteiger partial charge in [-0.05, 0) is 36.8 Å². The predicted molar refractivity (Wildman–Crippen MR) is 74.7 cm³/mol. The van der Waals surface area contributed by atoms with Crippen LogP contribution in [0.2, 0.25) is 5.02 Å². The highest BCUT2D eigenvalue weighted by atomic mass is 35.5. The van der Waals surface area contributed by atoms with Gasteiger partial charge in [-0.2, -0.15) is 0 Å². The first-order chi connectivity index (χ1) is 9.51. The van der Waals surface area contributed by atoms with E-state index >= 15 is 0 Å².